The van der Waals surface area contributed by atoms with Gasteiger partial charge in [-0.1, -0.05) is 12.7 Å². The Kier molecular flexibility index (Phi) is 3.92. The highest BCUT2D eigenvalue weighted by atomic mass is 16.5. The summed E-state index contributed by atoms with van der Waals surface area (Å²) in [7, 11) is 0. The van der Waals surface area contributed by atoms with Crippen molar-refractivity contribution in [1.82, 2.24) is 0 Å². The molecule has 0 aliphatic rings. The quantitative estimate of drug-likeness (QED) is 0.426. The van der Waals surface area contributed by atoms with Crippen LogP contribution < -0.4 is 5.73 Å². The van der Waals surface area contributed by atoms with Gasteiger partial charge in [-0.25, -0.2) is 4.79 Å². The first-order chi connectivity index (χ1) is 4.72. The third-order valence-electron chi connectivity index (χ3n) is 0.736. The van der Waals surface area contributed by atoms with E-state index in [-0.39, 0.29) is 6.61 Å². The molecule has 1 atom stereocenters. The third-order valence-corrected chi connectivity index (χ3v) is 0.736. The molecular formula is C6H8N2O2. The van der Waals surface area contributed by atoms with Crippen LogP contribution in [0.3, 0.4) is 0 Å². The van der Waals surface area contributed by atoms with Gasteiger partial charge in [0.15, 0.2) is 6.04 Å². The molecule has 0 aromatic rings. The van der Waals surface area contributed by atoms with Gasteiger partial charge in [-0.15, -0.1) is 0 Å². The molecule has 0 radical (unpaired) electrons. The van der Waals surface area contributed by atoms with Crippen molar-refractivity contribution in [2.45, 2.75) is 6.04 Å². The maximum absolute atomic E-state index is 10.5. The second-order valence-corrected chi connectivity index (χ2v) is 1.53. The number of nitriles is 1. The number of carbonyl (C=O) groups excluding carboxylic acids is 1. The van der Waals surface area contributed by atoms with Crippen LogP contribution in [0.1, 0.15) is 0 Å². The molecule has 2 N–H and O–H groups in total. The topological polar surface area (TPSA) is 76.1 Å². The second-order valence-electron chi connectivity index (χ2n) is 1.53. The van der Waals surface area contributed by atoms with Gasteiger partial charge in [0.2, 0.25) is 0 Å². The van der Waals surface area contributed by atoms with Crippen molar-refractivity contribution in [1.29, 1.82) is 5.26 Å². The van der Waals surface area contributed by atoms with Crippen LogP contribution in [-0.2, 0) is 9.53 Å². The van der Waals surface area contributed by atoms with Crippen molar-refractivity contribution in [3.8, 4) is 6.07 Å². The van der Waals surface area contributed by atoms with E-state index >= 15 is 0 Å². The van der Waals surface area contributed by atoms with Crippen LogP contribution in [0, 0.1) is 11.3 Å². The van der Waals surface area contributed by atoms with Gasteiger partial charge in [-0.3, -0.25) is 0 Å². The van der Waals surface area contributed by atoms with Crippen LogP contribution in [0.2, 0.25) is 0 Å². The van der Waals surface area contributed by atoms with Crippen molar-refractivity contribution in [3.63, 3.8) is 0 Å². The van der Waals surface area contributed by atoms with E-state index in [1.807, 2.05) is 0 Å². The van der Waals surface area contributed by atoms with Gasteiger partial charge < -0.3 is 10.5 Å². The summed E-state index contributed by atoms with van der Waals surface area (Å²) in [4.78, 5) is 10.5. The SMILES string of the molecule is C=CCOC(=O)C(N)C#N. The van der Waals surface area contributed by atoms with Crippen LogP contribution in [0.25, 0.3) is 0 Å². The molecule has 0 spiro atoms. The summed E-state index contributed by atoms with van der Waals surface area (Å²) in [6, 6.07) is 0.362. The molecule has 0 aliphatic carbocycles. The van der Waals surface area contributed by atoms with Gasteiger partial charge in [0.25, 0.3) is 0 Å². The van der Waals surface area contributed by atoms with Crippen LogP contribution in [0.15, 0.2) is 12.7 Å². The Bertz CT molecular complexity index is 171. The van der Waals surface area contributed by atoms with Gasteiger partial charge in [-0.05, 0) is 0 Å². The van der Waals surface area contributed by atoms with Crippen molar-refractivity contribution in [2.24, 2.45) is 5.73 Å². The molecule has 4 nitrogen and oxygen atoms in total. The first-order valence-corrected chi connectivity index (χ1v) is 2.65. The molecule has 1 unspecified atom stereocenters. The predicted octanol–water partition coefficient (Wildman–Crippen LogP) is -0.434. The highest BCUT2D eigenvalue weighted by molar-refractivity contribution is 5.78. The normalized spacial score (nSPS) is 11.2. The van der Waals surface area contributed by atoms with E-state index in [4.69, 9.17) is 11.0 Å². The molecule has 0 saturated heterocycles. The molecule has 0 rings (SSSR count). The van der Waals surface area contributed by atoms with E-state index in [2.05, 4.69) is 11.3 Å². The Morgan fingerprint density at radius 1 is 2.00 bits per heavy atom. The molecule has 4 heteroatoms. The Morgan fingerprint density at radius 2 is 2.60 bits per heavy atom. The lowest BCUT2D eigenvalue weighted by atomic mass is 10.4. The highest BCUT2D eigenvalue weighted by Gasteiger charge is 2.11. The maximum Gasteiger partial charge on any atom is 0.338 e. The fourth-order valence-corrected chi connectivity index (χ4v) is 0.284. The van der Waals surface area contributed by atoms with Crippen LogP contribution >= 0.6 is 0 Å². The standard InChI is InChI=1S/C6H8N2O2/c1-2-3-10-6(9)5(8)4-7/h2,5H,1,3,8H2. The lowest BCUT2D eigenvalue weighted by Crippen LogP contribution is -2.30. The molecule has 0 heterocycles. The molecule has 0 amide bonds. The molecule has 0 aromatic heterocycles. The predicted molar refractivity (Wildman–Crippen MR) is 34.7 cm³/mol. The average Bonchev–Trinajstić information content (AvgIpc) is 1.98. The summed E-state index contributed by atoms with van der Waals surface area (Å²) < 4.78 is 4.44. The zero-order valence-electron chi connectivity index (χ0n) is 5.41. The minimum atomic E-state index is -1.18. The van der Waals surface area contributed by atoms with E-state index < -0.39 is 12.0 Å². The number of hydrogen-bond donors (Lipinski definition) is 1. The maximum atomic E-state index is 10.5. The van der Waals surface area contributed by atoms with E-state index in [1.165, 1.54) is 6.08 Å². The lowest BCUT2D eigenvalue weighted by molar-refractivity contribution is -0.142. The third kappa shape index (κ3) is 2.84. The molecule has 0 aliphatic heterocycles. The molecular weight excluding hydrogens is 132 g/mol. The molecule has 10 heavy (non-hydrogen) atoms. The summed E-state index contributed by atoms with van der Waals surface area (Å²) in [5, 5.41) is 8.10. The minimum Gasteiger partial charge on any atom is -0.460 e. The van der Waals surface area contributed by atoms with Gasteiger partial charge in [0.05, 0.1) is 6.07 Å². The molecule has 0 saturated carbocycles. The van der Waals surface area contributed by atoms with E-state index in [0.717, 1.165) is 0 Å². The Labute approximate surface area is 58.9 Å². The number of nitrogens with two attached hydrogens (primary N) is 1. The monoisotopic (exact) mass is 140 g/mol. The molecule has 0 fully saturated rings. The Balaban J connectivity index is 3.64. The minimum absolute atomic E-state index is 0.0915. The van der Waals surface area contributed by atoms with E-state index in [1.54, 1.807) is 6.07 Å². The summed E-state index contributed by atoms with van der Waals surface area (Å²) >= 11 is 0. The van der Waals surface area contributed by atoms with Crippen molar-refractivity contribution in [3.05, 3.63) is 12.7 Å². The lowest BCUT2D eigenvalue weighted by Gasteiger charge is -2.00. The largest absolute Gasteiger partial charge is 0.460 e. The fraction of sp³-hybridized carbons (Fsp3) is 0.333. The molecule has 0 aromatic carbocycles. The number of nitrogens with zero attached hydrogens (tertiary/aromatic N) is 1. The van der Waals surface area contributed by atoms with Crippen molar-refractivity contribution < 1.29 is 9.53 Å². The number of ether oxygens (including phenoxy) is 1. The summed E-state index contributed by atoms with van der Waals surface area (Å²) in [6.45, 7) is 3.41. The first-order valence-electron chi connectivity index (χ1n) is 2.65. The van der Waals surface area contributed by atoms with Gasteiger partial charge >= 0.3 is 5.97 Å². The number of hydrogen-bond acceptors (Lipinski definition) is 4. The van der Waals surface area contributed by atoms with Gasteiger partial charge in [-0.2, -0.15) is 5.26 Å². The first kappa shape index (κ1) is 8.66. The number of carbonyl (C=O) groups is 1. The van der Waals surface area contributed by atoms with E-state index in [0.29, 0.717) is 0 Å². The van der Waals surface area contributed by atoms with Crippen LogP contribution in [0.5, 0.6) is 0 Å². The van der Waals surface area contributed by atoms with Crippen LogP contribution in [0.4, 0.5) is 0 Å². The van der Waals surface area contributed by atoms with Gasteiger partial charge in [0, 0.05) is 0 Å². The fourth-order valence-electron chi connectivity index (χ4n) is 0.284. The van der Waals surface area contributed by atoms with Crippen LogP contribution in [-0.4, -0.2) is 18.6 Å². The zero-order chi connectivity index (χ0) is 7.98. The number of rotatable bonds is 3. The van der Waals surface area contributed by atoms with Crippen molar-refractivity contribution in [2.75, 3.05) is 6.61 Å². The summed E-state index contributed by atoms with van der Waals surface area (Å²) in [5.74, 6) is -0.720. The second kappa shape index (κ2) is 4.53. The Hall–Kier alpha value is -1.34. The number of esters is 1. The van der Waals surface area contributed by atoms with Gasteiger partial charge in [0.1, 0.15) is 6.61 Å². The smallest absolute Gasteiger partial charge is 0.338 e. The summed E-state index contributed by atoms with van der Waals surface area (Å²) in [6.07, 6.45) is 1.40. The summed E-state index contributed by atoms with van der Waals surface area (Å²) in [5.41, 5.74) is 4.99. The Morgan fingerprint density at radius 3 is 3.00 bits per heavy atom. The van der Waals surface area contributed by atoms with E-state index in [9.17, 15) is 4.79 Å². The molecule has 0 bridgehead atoms. The average molecular weight is 140 g/mol. The molecule has 54 valence electrons. The zero-order valence-corrected chi connectivity index (χ0v) is 5.41. The van der Waals surface area contributed by atoms with Crippen molar-refractivity contribution >= 4 is 5.97 Å². The highest BCUT2D eigenvalue weighted by Crippen LogP contribution is 1.82.